The van der Waals surface area contributed by atoms with Crippen LogP contribution in [0.25, 0.3) is 0 Å². The van der Waals surface area contributed by atoms with Crippen LogP contribution in [-0.4, -0.2) is 31.1 Å². The summed E-state index contributed by atoms with van der Waals surface area (Å²) in [6.07, 6.45) is 0.431. The zero-order valence-electron chi connectivity index (χ0n) is 11.0. The van der Waals surface area contributed by atoms with Gasteiger partial charge in [-0.1, -0.05) is 30.3 Å². The summed E-state index contributed by atoms with van der Waals surface area (Å²) in [6, 6.07) is 8.10. The van der Waals surface area contributed by atoms with E-state index < -0.39 is 18.1 Å². The highest BCUT2D eigenvalue weighted by Gasteiger charge is 2.20. The molecular weight excluding hydrogens is 268 g/mol. The van der Waals surface area contributed by atoms with Crippen LogP contribution in [0.3, 0.4) is 0 Å². The molecule has 0 heterocycles. The van der Waals surface area contributed by atoms with Crippen LogP contribution in [0.5, 0.6) is 0 Å². The number of hydrogen-bond acceptors (Lipinski definition) is 4. The van der Waals surface area contributed by atoms with Gasteiger partial charge < -0.3 is 15.8 Å². The van der Waals surface area contributed by atoms with Crippen LogP contribution in [0.4, 0.5) is 0 Å². The molecule has 106 valence electrons. The lowest BCUT2D eigenvalue weighted by Gasteiger charge is -2.15. The number of hydrogen-bond donors (Lipinski definition) is 2. The third kappa shape index (κ3) is 5.72. The highest BCUT2D eigenvalue weighted by Crippen LogP contribution is 2.02. The predicted molar refractivity (Wildman–Crippen MR) is 75.0 cm³/mol. The van der Waals surface area contributed by atoms with E-state index in [2.05, 4.69) is 10.1 Å². The Labute approximate surface area is 118 Å². The summed E-state index contributed by atoms with van der Waals surface area (Å²) >= 11 is 0. The highest BCUT2D eigenvalue weighted by atomic mass is 35.5. The summed E-state index contributed by atoms with van der Waals surface area (Å²) in [5.74, 6) is -0.855. The van der Waals surface area contributed by atoms with Crippen molar-refractivity contribution in [3.63, 3.8) is 0 Å². The number of methoxy groups -OCH3 is 1. The van der Waals surface area contributed by atoms with Gasteiger partial charge in [-0.15, -0.1) is 12.4 Å². The van der Waals surface area contributed by atoms with Crippen LogP contribution >= 0.6 is 12.4 Å². The monoisotopic (exact) mass is 286 g/mol. The fraction of sp³-hybridized carbons (Fsp3) is 0.385. The number of nitrogens with one attached hydrogen (secondary N) is 1. The van der Waals surface area contributed by atoms with E-state index in [0.717, 1.165) is 5.56 Å². The number of ether oxygens (including phenoxy) is 1. The Morgan fingerprint density at radius 1 is 1.32 bits per heavy atom. The first kappa shape index (κ1) is 17.4. The van der Waals surface area contributed by atoms with Crippen molar-refractivity contribution in [2.45, 2.75) is 25.4 Å². The van der Waals surface area contributed by atoms with E-state index in [-0.39, 0.29) is 18.3 Å². The smallest absolute Gasteiger partial charge is 0.328 e. The van der Waals surface area contributed by atoms with Crippen molar-refractivity contribution >= 4 is 24.3 Å². The van der Waals surface area contributed by atoms with Crippen LogP contribution in [0, 0.1) is 0 Å². The highest BCUT2D eigenvalue weighted by molar-refractivity contribution is 5.87. The van der Waals surface area contributed by atoms with Crippen molar-refractivity contribution < 1.29 is 14.3 Å². The van der Waals surface area contributed by atoms with Gasteiger partial charge in [-0.3, -0.25) is 4.79 Å². The van der Waals surface area contributed by atoms with Gasteiger partial charge >= 0.3 is 5.97 Å². The molecule has 0 spiro atoms. The second kappa shape index (κ2) is 8.50. The number of esters is 1. The summed E-state index contributed by atoms with van der Waals surface area (Å²) in [7, 11) is 1.27. The first-order chi connectivity index (χ1) is 8.54. The number of amides is 1. The SMILES string of the molecule is COC(=O)[C@@H](C)NC(=O)[C@@H](N)Cc1ccccc1.Cl. The third-order valence-corrected chi connectivity index (χ3v) is 2.55. The van der Waals surface area contributed by atoms with E-state index in [1.807, 2.05) is 30.3 Å². The minimum absolute atomic E-state index is 0. The fourth-order valence-electron chi connectivity index (χ4n) is 1.52. The first-order valence-corrected chi connectivity index (χ1v) is 5.72. The van der Waals surface area contributed by atoms with Crippen LogP contribution in [0.1, 0.15) is 12.5 Å². The average molecular weight is 287 g/mol. The van der Waals surface area contributed by atoms with Gasteiger partial charge in [-0.2, -0.15) is 0 Å². The molecule has 0 radical (unpaired) electrons. The van der Waals surface area contributed by atoms with Crippen molar-refractivity contribution in [2.75, 3.05) is 7.11 Å². The lowest BCUT2D eigenvalue weighted by Crippen LogP contribution is -2.48. The van der Waals surface area contributed by atoms with Gasteiger partial charge in [0.1, 0.15) is 6.04 Å². The van der Waals surface area contributed by atoms with Crippen molar-refractivity contribution in [1.82, 2.24) is 5.32 Å². The number of rotatable bonds is 5. The molecule has 3 N–H and O–H groups in total. The summed E-state index contributed by atoms with van der Waals surface area (Å²) in [5.41, 5.74) is 6.75. The Morgan fingerprint density at radius 2 is 1.89 bits per heavy atom. The Balaban J connectivity index is 0.00000324. The lowest BCUT2D eigenvalue weighted by atomic mass is 10.1. The summed E-state index contributed by atoms with van der Waals surface area (Å²) in [5, 5.41) is 2.51. The van der Waals surface area contributed by atoms with Gasteiger partial charge in [0, 0.05) is 0 Å². The maximum Gasteiger partial charge on any atom is 0.328 e. The molecule has 0 unspecified atom stereocenters. The molecule has 0 fully saturated rings. The van der Waals surface area contributed by atoms with Crippen molar-refractivity contribution in [3.05, 3.63) is 35.9 Å². The molecule has 1 rings (SSSR count). The third-order valence-electron chi connectivity index (χ3n) is 2.55. The first-order valence-electron chi connectivity index (χ1n) is 5.72. The minimum atomic E-state index is -0.690. The fourth-order valence-corrected chi connectivity index (χ4v) is 1.52. The lowest BCUT2D eigenvalue weighted by molar-refractivity contribution is -0.144. The van der Waals surface area contributed by atoms with Gasteiger partial charge in [0.25, 0.3) is 0 Å². The summed E-state index contributed by atoms with van der Waals surface area (Å²) in [4.78, 5) is 22.9. The van der Waals surface area contributed by atoms with Crippen molar-refractivity contribution in [1.29, 1.82) is 0 Å². The molecule has 0 saturated heterocycles. The quantitative estimate of drug-likeness (QED) is 0.779. The van der Waals surface area contributed by atoms with E-state index in [1.165, 1.54) is 7.11 Å². The van der Waals surface area contributed by atoms with Gasteiger partial charge in [0.05, 0.1) is 13.2 Å². The van der Waals surface area contributed by atoms with E-state index >= 15 is 0 Å². The minimum Gasteiger partial charge on any atom is -0.467 e. The second-order valence-electron chi connectivity index (χ2n) is 4.05. The van der Waals surface area contributed by atoms with Crippen LogP contribution in [0.2, 0.25) is 0 Å². The summed E-state index contributed by atoms with van der Waals surface area (Å²) in [6.45, 7) is 1.55. The Bertz CT molecular complexity index is 412. The van der Waals surface area contributed by atoms with E-state index in [1.54, 1.807) is 6.92 Å². The zero-order valence-corrected chi connectivity index (χ0v) is 11.8. The molecule has 2 atom stereocenters. The van der Waals surface area contributed by atoms with Crippen LogP contribution in [0.15, 0.2) is 30.3 Å². The van der Waals surface area contributed by atoms with E-state index in [4.69, 9.17) is 5.73 Å². The molecule has 1 amide bonds. The molecule has 0 aromatic heterocycles. The second-order valence-corrected chi connectivity index (χ2v) is 4.05. The van der Waals surface area contributed by atoms with Crippen molar-refractivity contribution in [2.24, 2.45) is 5.73 Å². The molecule has 0 aliphatic carbocycles. The molecule has 0 bridgehead atoms. The Morgan fingerprint density at radius 3 is 2.42 bits per heavy atom. The molecule has 19 heavy (non-hydrogen) atoms. The number of carbonyl (C=O) groups is 2. The molecule has 6 heteroatoms. The normalized spacial score (nSPS) is 12.8. The molecule has 1 aromatic rings. The van der Waals surface area contributed by atoms with Gasteiger partial charge in [-0.05, 0) is 18.9 Å². The predicted octanol–water partition coefficient (Wildman–Crippen LogP) is 0.656. The number of benzene rings is 1. The maximum atomic E-state index is 11.7. The maximum absolute atomic E-state index is 11.7. The van der Waals surface area contributed by atoms with Crippen LogP contribution in [-0.2, 0) is 20.7 Å². The van der Waals surface area contributed by atoms with E-state index in [0.29, 0.717) is 6.42 Å². The Hall–Kier alpha value is -1.59. The topological polar surface area (TPSA) is 81.4 Å². The molecule has 0 saturated carbocycles. The largest absolute Gasteiger partial charge is 0.467 e. The summed E-state index contributed by atoms with van der Waals surface area (Å²) < 4.78 is 4.52. The number of carbonyl (C=O) groups excluding carboxylic acids is 2. The molecule has 1 aromatic carbocycles. The number of nitrogens with two attached hydrogens (primary N) is 1. The number of halogens is 1. The van der Waals surface area contributed by atoms with E-state index in [9.17, 15) is 9.59 Å². The molecular formula is C13H19ClN2O3. The molecule has 5 nitrogen and oxygen atoms in total. The zero-order chi connectivity index (χ0) is 13.5. The molecule has 0 aliphatic rings. The van der Waals surface area contributed by atoms with Gasteiger partial charge in [-0.25, -0.2) is 4.79 Å². The van der Waals surface area contributed by atoms with Gasteiger partial charge in [0.15, 0.2) is 0 Å². The Kier molecular flexibility index (Phi) is 7.79. The average Bonchev–Trinajstić information content (AvgIpc) is 2.38. The van der Waals surface area contributed by atoms with Crippen LogP contribution < -0.4 is 11.1 Å². The molecule has 0 aliphatic heterocycles. The standard InChI is InChI=1S/C13H18N2O3.ClH/c1-9(13(17)18-2)15-12(16)11(14)8-10-6-4-3-5-7-10;/h3-7,9,11H,8,14H2,1-2H3,(H,15,16);1H/t9-,11+;/m1./s1. The van der Waals surface area contributed by atoms with Gasteiger partial charge in [0.2, 0.25) is 5.91 Å². The van der Waals surface area contributed by atoms with Crippen molar-refractivity contribution in [3.8, 4) is 0 Å².